The summed E-state index contributed by atoms with van der Waals surface area (Å²) in [5.74, 6) is 1.54. The molecule has 0 unspecified atom stereocenters. The van der Waals surface area contributed by atoms with Crippen LogP contribution in [-0.2, 0) is 13.0 Å². The van der Waals surface area contributed by atoms with Crippen LogP contribution in [0.15, 0.2) is 35.3 Å². The zero-order chi connectivity index (χ0) is 15.9. The quantitative estimate of drug-likeness (QED) is 0.790. The van der Waals surface area contributed by atoms with Gasteiger partial charge in [-0.15, -0.1) is 0 Å². The Balaban J connectivity index is 1.93. The molecule has 0 aromatic carbocycles. The molecule has 0 atom stereocenters. The summed E-state index contributed by atoms with van der Waals surface area (Å²) in [7, 11) is 3.86. The largest absolute Gasteiger partial charge is 0.370 e. The maximum atomic E-state index is 11.6. The summed E-state index contributed by atoms with van der Waals surface area (Å²) in [5.41, 5.74) is 1.05. The van der Waals surface area contributed by atoms with Gasteiger partial charge in [-0.05, 0) is 18.9 Å². The minimum atomic E-state index is 0.0349. The van der Waals surface area contributed by atoms with E-state index in [9.17, 15) is 4.79 Å². The molecule has 0 spiro atoms. The van der Waals surface area contributed by atoms with Crippen LogP contribution in [0.2, 0.25) is 0 Å². The summed E-state index contributed by atoms with van der Waals surface area (Å²) >= 11 is 0. The second-order valence-electron chi connectivity index (χ2n) is 5.31. The summed E-state index contributed by atoms with van der Waals surface area (Å²) in [5, 5.41) is 3.31. The van der Waals surface area contributed by atoms with Crippen LogP contribution in [-0.4, -0.2) is 35.2 Å². The fourth-order valence-corrected chi connectivity index (χ4v) is 2.07. The number of aromatic nitrogens is 3. The van der Waals surface area contributed by atoms with Crippen molar-refractivity contribution in [3.8, 4) is 0 Å². The van der Waals surface area contributed by atoms with Crippen LogP contribution < -0.4 is 15.8 Å². The van der Waals surface area contributed by atoms with Crippen LogP contribution in [0.4, 0.5) is 11.8 Å². The van der Waals surface area contributed by atoms with Crippen molar-refractivity contribution in [3.63, 3.8) is 0 Å². The lowest BCUT2D eigenvalue weighted by molar-refractivity contribution is 0.638. The predicted octanol–water partition coefficient (Wildman–Crippen LogP) is 1.77. The fourth-order valence-electron chi connectivity index (χ4n) is 2.07. The number of nitrogens with zero attached hydrogens (tertiary/aromatic N) is 4. The van der Waals surface area contributed by atoms with Gasteiger partial charge in [0.15, 0.2) is 0 Å². The van der Waals surface area contributed by atoms with Crippen LogP contribution in [0.3, 0.4) is 0 Å². The zero-order valence-electron chi connectivity index (χ0n) is 13.4. The molecule has 0 fully saturated rings. The van der Waals surface area contributed by atoms with Crippen LogP contribution >= 0.6 is 0 Å². The van der Waals surface area contributed by atoms with Crippen molar-refractivity contribution < 1.29 is 0 Å². The molecule has 0 aliphatic heterocycles. The molecule has 6 heteroatoms. The summed E-state index contributed by atoms with van der Waals surface area (Å²) in [4.78, 5) is 22.4. The topological polar surface area (TPSA) is 63.1 Å². The second-order valence-corrected chi connectivity index (χ2v) is 5.31. The number of rotatable bonds is 7. The van der Waals surface area contributed by atoms with Crippen LogP contribution in [0.1, 0.15) is 19.0 Å². The summed E-state index contributed by atoms with van der Waals surface area (Å²) in [6.07, 6.45) is 3.54. The molecule has 0 aliphatic rings. The molecule has 2 heterocycles. The third-order valence-corrected chi connectivity index (χ3v) is 3.31. The highest BCUT2D eigenvalue weighted by molar-refractivity contribution is 5.43. The first kappa shape index (κ1) is 16.0. The highest BCUT2D eigenvalue weighted by Crippen LogP contribution is 2.12. The van der Waals surface area contributed by atoms with Gasteiger partial charge < -0.3 is 14.8 Å². The molecule has 6 nitrogen and oxygen atoms in total. The van der Waals surface area contributed by atoms with Gasteiger partial charge in [0.25, 0.3) is 0 Å². The molecule has 0 saturated carbocycles. The normalized spacial score (nSPS) is 10.5. The maximum Gasteiger partial charge on any atom is 0.250 e. The minimum absolute atomic E-state index is 0.0349. The average molecular weight is 301 g/mol. The van der Waals surface area contributed by atoms with E-state index in [1.54, 1.807) is 16.7 Å². The first-order chi connectivity index (χ1) is 10.6. The minimum Gasteiger partial charge on any atom is -0.370 e. The molecule has 2 aromatic rings. The number of hydrogen-bond acceptors (Lipinski definition) is 5. The molecular weight excluding hydrogens is 278 g/mol. The van der Waals surface area contributed by atoms with Crippen molar-refractivity contribution in [2.45, 2.75) is 26.3 Å². The van der Waals surface area contributed by atoms with Crippen molar-refractivity contribution in [2.75, 3.05) is 30.9 Å². The Morgan fingerprint density at radius 3 is 2.77 bits per heavy atom. The SMILES string of the molecule is CCc1cc(NCCCn2ccccc2=O)nc(N(C)C)n1. The molecule has 22 heavy (non-hydrogen) atoms. The molecule has 0 bridgehead atoms. The Morgan fingerprint density at radius 1 is 1.27 bits per heavy atom. The standard InChI is InChI=1S/C16H23N5O/c1-4-13-12-14(19-16(18-13)20(2)3)17-9-7-11-21-10-6-5-8-15(21)22/h5-6,8,10,12H,4,7,9,11H2,1-3H3,(H,17,18,19). The Labute approximate surface area is 130 Å². The zero-order valence-corrected chi connectivity index (χ0v) is 13.4. The van der Waals surface area contributed by atoms with Gasteiger partial charge in [-0.25, -0.2) is 4.98 Å². The lowest BCUT2D eigenvalue weighted by Gasteiger charge is -2.14. The molecule has 2 aromatic heterocycles. The number of pyridine rings is 1. The van der Waals surface area contributed by atoms with Crippen LogP contribution in [0, 0.1) is 0 Å². The first-order valence-electron chi connectivity index (χ1n) is 7.54. The molecule has 0 saturated heterocycles. The molecule has 0 aliphatic carbocycles. The maximum absolute atomic E-state index is 11.6. The van der Waals surface area contributed by atoms with Crippen molar-refractivity contribution >= 4 is 11.8 Å². The fraction of sp³-hybridized carbons (Fsp3) is 0.438. The predicted molar refractivity (Wildman–Crippen MR) is 89.5 cm³/mol. The highest BCUT2D eigenvalue weighted by Gasteiger charge is 2.05. The van der Waals surface area contributed by atoms with Gasteiger partial charge >= 0.3 is 0 Å². The van der Waals surface area contributed by atoms with Gasteiger partial charge in [-0.1, -0.05) is 13.0 Å². The van der Waals surface area contributed by atoms with E-state index >= 15 is 0 Å². The monoisotopic (exact) mass is 301 g/mol. The van der Waals surface area contributed by atoms with E-state index in [1.807, 2.05) is 37.3 Å². The van der Waals surface area contributed by atoms with E-state index in [0.717, 1.165) is 30.9 Å². The van der Waals surface area contributed by atoms with E-state index < -0.39 is 0 Å². The van der Waals surface area contributed by atoms with Crippen molar-refractivity contribution in [1.82, 2.24) is 14.5 Å². The summed E-state index contributed by atoms with van der Waals surface area (Å²) < 4.78 is 1.71. The van der Waals surface area contributed by atoms with Gasteiger partial charge in [-0.2, -0.15) is 4.98 Å². The lowest BCUT2D eigenvalue weighted by atomic mass is 10.3. The lowest BCUT2D eigenvalue weighted by Crippen LogP contribution is -2.19. The average Bonchev–Trinajstić information content (AvgIpc) is 2.52. The molecule has 2 rings (SSSR count). The van der Waals surface area contributed by atoms with Gasteiger partial charge in [-0.3, -0.25) is 4.79 Å². The molecule has 0 amide bonds. The summed E-state index contributed by atoms with van der Waals surface area (Å²) in [6, 6.07) is 7.18. The molecule has 1 N–H and O–H groups in total. The van der Waals surface area contributed by atoms with Gasteiger partial charge in [0, 0.05) is 51.2 Å². The third kappa shape index (κ3) is 4.31. The smallest absolute Gasteiger partial charge is 0.250 e. The van der Waals surface area contributed by atoms with E-state index in [2.05, 4.69) is 22.2 Å². The number of nitrogens with one attached hydrogen (secondary N) is 1. The van der Waals surface area contributed by atoms with E-state index in [0.29, 0.717) is 12.5 Å². The van der Waals surface area contributed by atoms with Crippen LogP contribution in [0.25, 0.3) is 0 Å². The first-order valence-corrected chi connectivity index (χ1v) is 7.54. The van der Waals surface area contributed by atoms with Crippen molar-refractivity contribution in [3.05, 3.63) is 46.5 Å². The molecule has 0 radical (unpaired) electrons. The number of hydrogen-bond donors (Lipinski definition) is 1. The second kappa shape index (κ2) is 7.59. The van der Waals surface area contributed by atoms with E-state index in [-0.39, 0.29) is 5.56 Å². The Kier molecular flexibility index (Phi) is 5.52. The van der Waals surface area contributed by atoms with E-state index in [1.165, 1.54) is 0 Å². The number of aryl methyl sites for hydroxylation is 2. The highest BCUT2D eigenvalue weighted by atomic mass is 16.1. The Morgan fingerprint density at radius 2 is 2.09 bits per heavy atom. The Bertz CT molecular complexity index is 666. The summed E-state index contributed by atoms with van der Waals surface area (Å²) in [6.45, 7) is 3.53. The van der Waals surface area contributed by atoms with Gasteiger partial charge in [0.05, 0.1) is 0 Å². The van der Waals surface area contributed by atoms with Gasteiger partial charge in [0.1, 0.15) is 5.82 Å². The van der Waals surface area contributed by atoms with Gasteiger partial charge in [0.2, 0.25) is 11.5 Å². The Hall–Kier alpha value is -2.37. The van der Waals surface area contributed by atoms with Crippen LogP contribution in [0.5, 0.6) is 0 Å². The third-order valence-electron chi connectivity index (χ3n) is 3.31. The van der Waals surface area contributed by atoms with Crippen molar-refractivity contribution in [2.24, 2.45) is 0 Å². The molecular formula is C16H23N5O. The van der Waals surface area contributed by atoms with Crippen molar-refractivity contribution in [1.29, 1.82) is 0 Å². The molecule has 118 valence electrons. The van der Waals surface area contributed by atoms with E-state index in [4.69, 9.17) is 0 Å². The number of anilines is 2.